The Labute approximate surface area is 178 Å². The van der Waals surface area contributed by atoms with E-state index in [-0.39, 0.29) is 18.2 Å². The van der Waals surface area contributed by atoms with Crippen molar-refractivity contribution in [1.82, 2.24) is 4.90 Å². The molecule has 0 aliphatic carbocycles. The first kappa shape index (κ1) is 20.7. The SMILES string of the molecule is Cc1ccc(Cl)cc1N=C1S[C@H](CC(=O)Nc2cccc(Cl)c2C)C(=O)N1C. The van der Waals surface area contributed by atoms with Gasteiger partial charge in [0.2, 0.25) is 11.8 Å². The van der Waals surface area contributed by atoms with Gasteiger partial charge in [-0.05, 0) is 49.2 Å². The standard InChI is InChI=1S/C20H19Cl2N3O2S/c1-11-7-8-13(21)9-16(11)24-20-25(3)19(27)17(28-20)10-18(26)23-15-6-4-5-14(22)12(15)2/h4-9,17H,10H2,1-3H3,(H,23,26)/t17-/m1/s1. The van der Waals surface area contributed by atoms with Crippen molar-refractivity contribution in [1.29, 1.82) is 0 Å². The molecule has 1 atom stereocenters. The fourth-order valence-electron chi connectivity index (χ4n) is 2.72. The maximum absolute atomic E-state index is 12.6. The molecule has 3 rings (SSSR count). The normalized spacial score (nSPS) is 18.0. The molecule has 2 amide bonds. The van der Waals surface area contributed by atoms with Crippen LogP contribution in [0.15, 0.2) is 41.4 Å². The summed E-state index contributed by atoms with van der Waals surface area (Å²) in [6, 6.07) is 10.7. The number of aliphatic imine (C=N–C) groups is 1. The summed E-state index contributed by atoms with van der Waals surface area (Å²) in [6.45, 7) is 3.76. The Morgan fingerprint density at radius 1 is 1.25 bits per heavy atom. The van der Waals surface area contributed by atoms with Crippen molar-refractivity contribution in [2.75, 3.05) is 12.4 Å². The summed E-state index contributed by atoms with van der Waals surface area (Å²) in [4.78, 5) is 31.1. The fraction of sp³-hybridized carbons (Fsp3) is 0.250. The zero-order chi connectivity index (χ0) is 20.4. The summed E-state index contributed by atoms with van der Waals surface area (Å²) < 4.78 is 0. The summed E-state index contributed by atoms with van der Waals surface area (Å²) in [6.07, 6.45) is 0.0489. The topological polar surface area (TPSA) is 61.8 Å². The van der Waals surface area contributed by atoms with Crippen LogP contribution in [0.2, 0.25) is 10.0 Å². The number of nitrogens with one attached hydrogen (secondary N) is 1. The molecule has 1 aliphatic heterocycles. The number of halogens is 2. The van der Waals surface area contributed by atoms with E-state index in [2.05, 4.69) is 10.3 Å². The Kier molecular flexibility index (Phi) is 6.33. The molecule has 0 aromatic heterocycles. The third-order valence-electron chi connectivity index (χ3n) is 4.44. The van der Waals surface area contributed by atoms with Crippen molar-refractivity contribution < 1.29 is 9.59 Å². The van der Waals surface area contributed by atoms with Gasteiger partial charge in [-0.15, -0.1) is 0 Å². The van der Waals surface area contributed by atoms with Crippen LogP contribution in [0.3, 0.4) is 0 Å². The third-order valence-corrected chi connectivity index (χ3v) is 6.31. The molecule has 5 nitrogen and oxygen atoms in total. The highest BCUT2D eigenvalue weighted by Crippen LogP contribution is 2.33. The molecule has 0 unspecified atom stereocenters. The zero-order valence-electron chi connectivity index (χ0n) is 15.6. The molecular weight excluding hydrogens is 417 g/mol. The Balaban J connectivity index is 1.73. The average Bonchev–Trinajstić information content (AvgIpc) is 2.90. The lowest BCUT2D eigenvalue weighted by Gasteiger charge is -2.11. The van der Waals surface area contributed by atoms with Crippen LogP contribution in [-0.4, -0.2) is 34.2 Å². The van der Waals surface area contributed by atoms with Crippen LogP contribution in [0.4, 0.5) is 11.4 Å². The highest BCUT2D eigenvalue weighted by atomic mass is 35.5. The molecule has 1 aliphatic rings. The van der Waals surface area contributed by atoms with Crippen LogP contribution < -0.4 is 5.32 Å². The van der Waals surface area contributed by atoms with Gasteiger partial charge in [0, 0.05) is 29.2 Å². The van der Waals surface area contributed by atoms with Gasteiger partial charge in [0.15, 0.2) is 5.17 Å². The second-order valence-corrected chi connectivity index (χ2v) is 8.51. The van der Waals surface area contributed by atoms with Crippen LogP contribution in [0.5, 0.6) is 0 Å². The lowest BCUT2D eigenvalue weighted by Crippen LogP contribution is -2.30. The Hall–Kier alpha value is -2.02. The number of benzene rings is 2. The average molecular weight is 436 g/mol. The van der Waals surface area contributed by atoms with Crippen LogP contribution in [-0.2, 0) is 9.59 Å². The van der Waals surface area contributed by atoms with Gasteiger partial charge >= 0.3 is 0 Å². The van der Waals surface area contributed by atoms with Crippen LogP contribution in [0, 0.1) is 13.8 Å². The minimum Gasteiger partial charge on any atom is -0.326 e. The maximum Gasteiger partial charge on any atom is 0.242 e. The molecule has 1 fully saturated rings. The van der Waals surface area contributed by atoms with Crippen molar-refractivity contribution in [2.45, 2.75) is 25.5 Å². The van der Waals surface area contributed by atoms with Crippen LogP contribution in [0.25, 0.3) is 0 Å². The lowest BCUT2D eigenvalue weighted by molar-refractivity contribution is -0.127. The molecule has 1 saturated heterocycles. The van der Waals surface area contributed by atoms with Gasteiger partial charge in [-0.2, -0.15) is 0 Å². The molecule has 146 valence electrons. The van der Waals surface area contributed by atoms with E-state index in [1.807, 2.05) is 19.9 Å². The van der Waals surface area contributed by atoms with E-state index in [0.29, 0.717) is 26.6 Å². The molecule has 0 spiro atoms. The van der Waals surface area contributed by atoms with Gasteiger partial charge in [-0.3, -0.25) is 14.5 Å². The van der Waals surface area contributed by atoms with Crippen LogP contribution in [0.1, 0.15) is 17.5 Å². The Bertz CT molecular complexity index is 978. The van der Waals surface area contributed by atoms with E-state index in [4.69, 9.17) is 23.2 Å². The smallest absolute Gasteiger partial charge is 0.242 e. The third kappa shape index (κ3) is 4.51. The quantitative estimate of drug-likeness (QED) is 0.717. The monoisotopic (exact) mass is 435 g/mol. The van der Waals surface area contributed by atoms with Gasteiger partial charge in [-0.1, -0.05) is 47.1 Å². The summed E-state index contributed by atoms with van der Waals surface area (Å²) >= 11 is 13.4. The largest absolute Gasteiger partial charge is 0.326 e. The number of hydrogen-bond donors (Lipinski definition) is 1. The van der Waals surface area contributed by atoms with E-state index in [1.165, 1.54) is 16.7 Å². The number of carbonyl (C=O) groups is 2. The zero-order valence-corrected chi connectivity index (χ0v) is 18.0. The van der Waals surface area contributed by atoms with Crippen molar-refractivity contribution in [3.8, 4) is 0 Å². The predicted molar refractivity (Wildman–Crippen MR) is 117 cm³/mol. The van der Waals surface area contributed by atoms with Crippen molar-refractivity contribution in [3.05, 3.63) is 57.6 Å². The number of rotatable bonds is 4. The fourth-order valence-corrected chi connectivity index (χ4v) is 4.20. The molecular formula is C20H19Cl2N3O2S. The number of thioether (sulfide) groups is 1. The first-order valence-corrected chi connectivity index (χ1v) is 10.2. The van der Waals surface area contributed by atoms with Gasteiger partial charge < -0.3 is 5.32 Å². The molecule has 2 aromatic carbocycles. The minimum atomic E-state index is -0.525. The van der Waals surface area contributed by atoms with E-state index in [1.54, 1.807) is 37.4 Å². The molecule has 28 heavy (non-hydrogen) atoms. The number of amides is 2. The first-order valence-electron chi connectivity index (χ1n) is 8.60. The second-order valence-electron chi connectivity index (χ2n) is 6.49. The van der Waals surface area contributed by atoms with E-state index < -0.39 is 5.25 Å². The molecule has 8 heteroatoms. The summed E-state index contributed by atoms with van der Waals surface area (Å²) in [5.74, 6) is -0.397. The number of aryl methyl sites for hydroxylation is 1. The Morgan fingerprint density at radius 2 is 2.00 bits per heavy atom. The van der Waals surface area contributed by atoms with E-state index >= 15 is 0 Å². The molecule has 1 heterocycles. The van der Waals surface area contributed by atoms with Crippen molar-refractivity contribution in [2.24, 2.45) is 4.99 Å². The van der Waals surface area contributed by atoms with Gasteiger partial charge in [0.05, 0.1) is 5.69 Å². The highest BCUT2D eigenvalue weighted by Gasteiger charge is 2.37. The summed E-state index contributed by atoms with van der Waals surface area (Å²) in [5, 5.41) is 4.01. The summed E-state index contributed by atoms with van der Waals surface area (Å²) in [5.41, 5.74) is 3.09. The van der Waals surface area contributed by atoms with Gasteiger partial charge in [-0.25, -0.2) is 4.99 Å². The predicted octanol–water partition coefficient (Wildman–Crippen LogP) is 5.20. The molecule has 0 saturated carbocycles. The number of hydrogen-bond acceptors (Lipinski definition) is 4. The van der Waals surface area contributed by atoms with E-state index in [0.717, 1.165) is 11.1 Å². The molecule has 2 aromatic rings. The molecule has 0 radical (unpaired) electrons. The summed E-state index contributed by atoms with van der Waals surface area (Å²) in [7, 11) is 1.66. The Morgan fingerprint density at radius 3 is 2.75 bits per heavy atom. The molecule has 0 bridgehead atoms. The number of nitrogens with zero attached hydrogens (tertiary/aromatic N) is 2. The lowest BCUT2D eigenvalue weighted by atomic mass is 10.2. The molecule has 1 N–H and O–H groups in total. The van der Waals surface area contributed by atoms with Crippen molar-refractivity contribution >= 4 is 63.3 Å². The van der Waals surface area contributed by atoms with Gasteiger partial charge in [0.25, 0.3) is 0 Å². The maximum atomic E-state index is 12.6. The number of amidine groups is 1. The minimum absolute atomic E-state index is 0.0489. The number of anilines is 1. The number of carbonyl (C=O) groups excluding carboxylic acids is 2. The highest BCUT2D eigenvalue weighted by molar-refractivity contribution is 8.15. The second kappa shape index (κ2) is 8.55. The van der Waals surface area contributed by atoms with Gasteiger partial charge in [0.1, 0.15) is 5.25 Å². The first-order chi connectivity index (χ1) is 13.3. The van der Waals surface area contributed by atoms with E-state index in [9.17, 15) is 9.59 Å². The van der Waals surface area contributed by atoms with Crippen molar-refractivity contribution in [3.63, 3.8) is 0 Å². The van der Waals surface area contributed by atoms with Crippen LogP contribution >= 0.6 is 35.0 Å².